The lowest BCUT2D eigenvalue weighted by Gasteiger charge is -2.28. The van der Waals surface area contributed by atoms with Crippen LogP contribution in [0.3, 0.4) is 0 Å². The molecule has 2 unspecified atom stereocenters. The lowest BCUT2D eigenvalue weighted by atomic mass is 10.1. The molecule has 0 aliphatic carbocycles. The first-order valence-corrected chi connectivity index (χ1v) is 19.4. The molecule has 6 atom stereocenters. The maximum absolute atomic E-state index is 16.4. The molecule has 0 saturated carbocycles. The first-order chi connectivity index (χ1) is 25.1. The number of nitrogens with one attached hydrogen (secondary N) is 1. The van der Waals surface area contributed by atoms with E-state index in [1.165, 1.54) is 20.8 Å². The van der Waals surface area contributed by atoms with Crippen molar-refractivity contribution in [3.63, 3.8) is 0 Å². The minimum absolute atomic E-state index is 0.342. The third-order valence-electron chi connectivity index (χ3n) is 6.60. The van der Waals surface area contributed by atoms with E-state index in [1.54, 1.807) is 41.5 Å². The monoisotopic (exact) mass is 840 g/mol. The van der Waals surface area contributed by atoms with E-state index in [0.717, 1.165) is 42.0 Å². The first kappa shape index (κ1) is 45.4. The highest BCUT2D eigenvalue weighted by Crippen LogP contribution is 2.50. The van der Waals surface area contributed by atoms with Gasteiger partial charge in [0.05, 0.1) is 16.9 Å². The number of alkyl halides is 1. The summed E-state index contributed by atoms with van der Waals surface area (Å²) in [6.07, 6.45) is -6.66. The van der Waals surface area contributed by atoms with Crippen LogP contribution in [0.15, 0.2) is 35.3 Å². The Morgan fingerprint density at radius 2 is 1.58 bits per heavy atom. The molecule has 1 aliphatic rings. The van der Waals surface area contributed by atoms with Crippen molar-refractivity contribution < 1.29 is 65.6 Å². The molecule has 22 heteroatoms. The fourth-order valence-electron chi connectivity index (χ4n) is 4.41. The Labute approximate surface area is 324 Å². The maximum atomic E-state index is 16.4. The summed E-state index contributed by atoms with van der Waals surface area (Å²) in [7, 11) is -4.75. The van der Waals surface area contributed by atoms with Crippen LogP contribution in [0.2, 0.25) is 5.02 Å². The van der Waals surface area contributed by atoms with Gasteiger partial charge in [-0.25, -0.2) is 32.5 Å². The maximum Gasteiger partial charge on any atom is 0.509 e. The molecular weight excluding hydrogens is 797 g/mol. The average molecular weight is 841 g/mol. The van der Waals surface area contributed by atoms with Gasteiger partial charge in [-0.1, -0.05) is 11.6 Å². The Bertz CT molecular complexity index is 1840. The van der Waals surface area contributed by atoms with Crippen molar-refractivity contribution >= 4 is 61.2 Å². The molecule has 0 spiro atoms. The second-order valence-electron chi connectivity index (χ2n) is 15.0. The van der Waals surface area contributed by atoms with Gasteiger partial charge in [-0.3, -0.25) is 13.9 Å². The first-order valence-electron chi connectivity index (χ1n) is 16.5. The standard InChI is InChI=1S/C33H44ClF2N4O13PS/c1-17(26(41)42)38-54(47,53-20-12-11-18(35)15-19(20)34)48-16-21-24(49-30(46)52-33(8,9)10)23(36)25(55-21)39-14-13-22(37-27(39)43)40(28(44)50-31(2,3)4)29(45)51-32(5,6)7/h11-15,17,21,23-25H,16H2,1-10H3,(H,38,47)(H,41,42)/t17?,21-,23+,24-,25-,54?/m1/s1. The number of halogens is 3. The Morgan fingerprint density at radius 3 is 2.07 bits per heavy atom. The fourth-order valence-corrected chi connectivity index (χ4v) is 7.77. The molecule has 2 heterocycles. The van der Waals surface area contributed by atoms with Crippen molar-refractivity contribution in [2.24, 2.45) is 0 Å². The van der Waals surface area contributed by atoms with Gasteiger partial charge in [0.1, 0.15) is 39.8 Å². The smallest absolute Gasteiger partial charge is 0.480 e. The van der Waals surface area contributed by atoms with E-state index in [2.05, 4.69) is 10.1 Å². The highest BCUT2D eigenvalue weighted by atomic mass is 35.5. The van der Waals surface area contributed by atoms with Crippen molar-refractivity contribution in [2.45, 2.75) is 115 Å². The number of ether oxygens (including phenoxy) is 4. The molecule has 2 amide bonds. The Balaban J connectivity index is 2.02. The van der Waals surface area contributed by atoms with Crippen LogP contribution in [-0.4, -0.2) is 85.9 Å². The van der Waals surface area contributed by atoms with Gasteiger partial charge in [0.2, 0.25) is 0 Å². The largest absolute Gasteiger partial charge is 0.509 e. The number of nitrogens with zero attached hydrogens (tertiary/aromatic N) is 3. The molecular formula is C33H44ClF2N4O13PS. The van der Waals surface area contributed by atoms with Crippen LogP contribution < -0.4 is 20.2 Å². The van der Waals surface area contributed by atoms with Crippen LogP contribution >= 0.6 is 31.1 Å². The third-order valence-corrected chi connectivity index (χ3v) is 10.0. The zero-order valence-corrected chi connectivity index (χ0v) is 34.1. The molecule has 2 N–H and O–H groups in total. The number of hydrogen-bond acceptors (Lipinski definition) is 14. The van der Waals surface area contributed by atoms with Crippen LogP contribution in [0.1, 0.15) is 74.6 Å². The molecule has 1 saturated heterocycles. The molecule has 3 rings (SSSR count). The summed E-state index contributed by atoms with van der Waals surface area (Å²) in [4.78, 5) is 68.3. The Morgan fingerprint density at radius 1 is 1.02 bits per heavy atom. The van der Waals surface area contributed by atoms with Gasteiger partial charge in [0.15, 0.2) is 18.1 Å². The summed E-state index contributed by atoms with van der Waals surface area (Å²) >= 11 is 6.70. The predicted molar refractivity (Wildman–Crippen MR) is 196 cm³/mol. The highest BCUT2D eigenvalue weighted by Gasteiger charge is 2.50. The van der Waals surface area contributed by atoms with E-state index in [-0.39, 0.29) is 10.8 Å². The number of carboxylic acids is 1. The third kappa shape index (κ3) is 13.3. The summed E-state index contributed by atoms with van der Waals surface area (Å²) in [5.41, 5.74) is -4.38. The van der Waals surface area contributed by atoms with Gasteiger partial charge >= 0.3 is 37.7 Å². The number of hydrogen-bond donors (Lipinski definition) is 2. The van der Waals surface area contributed by atoms with Crippen molar-refractivity contribution in [3.8, 4) is 5.75 Å². The lowest BCUT2D eigenvalue weighted by molar-refractivity contribution is -0.138. The van der Waals surface area contributed by atoms with Crippen molar-refractivity contribution in [1.29, 1.82) is 0 Å². The molecule has 1 aliphatic heterocycles. The summed E-state index contributed by atoms with van der Waals surface area (Å²) in [5, 5.41) is 8.51. The highest BCUT2D eigenvalue weighted by molar-refractivity contribution is 8.00. The molecule has 2 aromatic rings. The number of amides is 2. The van der Waals surface area contributed by atoms with Crippen LogP contribution in [0.25, 0.3) is 0 Å². The number of carbonyl (C=O) groups is 4. The van der Waals surface area contributed by atoms with Crippen LogP contribution in [0, 0.1) is 5.82 Å². The van der Waals surface area contributed by atoms with E-state index >= 15 is 4.39 Å². The van der Waals surface area contributed by atoms with Crippen LogP contribution in [-0.2, 0) is 32.8 Å². The second-order valence-corrected chi connectivity index (χ2v) is 18.4. The topological polar surface area (TPSA) is 211 Å². The molecule has 55 heavy (non-hydrogen) atoms. The van der Waals surface area contributed by atoms with E-state index in [1.807, 2.05) is 0 Å². The quantitative estimate of drug-likeness (QED) is 0.130. The number of anilines is 1. The van der Waals surface area contributed by atoms with Gasteiger partial charge < -0.3 is 28.6 Å². The summed E-state index contributed by atoms with van der Waals surface area (Å²) in [6.45, 7) is 14.2. The number of carboxylic acid groups (broad SMARTS) is 1. The van der Waals surface area contributed by atoms with Gasteiger partial charge in [0.25, 0.3) is 0 Å². The molecule has 1 fully saturated rings. The Hall–Kier alpha value is -3.97. The zero-order valence-electron chi connectivity index (χ0n) is 31.7. The van der Waals surface area contributed by atoms with Gasteiger partial charge in [0, 0.05) is 6.20 Å². The van der Waals surface area contributed by atoms with Crippen molar-refractivity contribution in [3.05, 3.63) is 51.8 Å². The van der Waals surface area contributed by atoms with E-state index in [0.29, 0.717) is 16.7 Å². The van der Waals surface area contributed by atoms with Crippen LogP contribution in [0.4, 0.5) is 29.0 Å². The zero-order chi connectivity index (χ0) is 41.8. The Kier molecular flexibility index (Phi) is 14.4. The number of thioether (sulfide) groups is 1. The number of aromatic nitrogens is 2. The normalized spacial score (nSPS) is 20.5. The summed E-state index contributed by atoms with van der Waals surface area (Å²) in [5.74, 6) is -3.09. The predicted octanol–water partition coefficient (Wildman–Crippen LogP) is 7.25. The van der Waals surface area contributed by atoms with Crippen molar-refractivity contribution in [2.75, 3.05) is 11.5 Å². The number of carbonyl (C=O) groups excluding carboxylic acids is 3. The fraction of sp³-hybridized carbons (Fsp3) is 0.576. The van der Waals surface area contributed by atoms with E-state index in [4.69, 9.17) is 39.6 Å². The number of aliphatic carboxylic acids is 1. The minimum atomic E-state index is -4.75. The number of rotatable bonds is 11. The van der Waals surface area contributed by atoms with Crippen molar-refractivity contribution in [1.82, 2.24) is 14.6 Å². The average Bonchev–Trinajstić information content (AvgIpc) is 3.29. The van der Waals surface area contributed by atoms with Gasteiger partial charge in [-0.05, 0) is 93.5 Å². The van der Waals surface area contributed by atoms with E-state index < -0.39 is 102 Å². The number of benzene rings is 1. The molecule has 17 nitrogen and oxygen atoms in total. The SMILES string of the molecule is CC(NP(=O)(OC[C@H]1S[C@@H](n2ccc(N(C(=O)OC(C)(C)C)C(=O)OC(C)(C)C)nc2=O)[C@@H](F)[C@@H]1OC(=O)OC(C)(C)C)Oc1ccc(F)cc1Cl)C(=O)O. The molecule has 1 aromatic carbocycles. The summed E-state index contributed by atoms with van der Waals surface area (Å²) < 4.78 is 77.0. The van der Waals surface area contributed by atoms with E-state index in [9.17, 15) is 38.0 Å². The molecule has 1 aromatic heterocycles. The number of imide groups is 1. The second kappa shape index (κ2) is 17.4. The molecule has 0 bridgehead atoms. The molecule has 0 radical (unpaired) electrons. The molecule has 306 valence electrons. The minimum Gasteiger partial charge on any atom is -0.480 e. The summed E-state index contributed by atoms with van der Waals surface area (Å²) in [6, 6.07) is 2.31. The van der Waals surface area contributed by atoms with Gasteiger partial charge in [-0.15, -0.1) is 11.8 Å². The lowest BCUT2D eigenvalue weighted by Crippen LogP contribution is -2.45. The van der Waals surface area contributed by atoms with Crippen LogP contribution in [0.5, 0.6) is 5.75 Å². The van der Waals surface area contributed by atoms with Gasteiger partial charge in [-0.2, -0.15) is 15.0 Å².